The van der Waals surface area contributed by atoms with E-state index < -0.39 is 5.82 Å². The molecule has 5 nitrogen and oxygen atoms in total. The van der Waals surface area contributed by atoms with E-state index in [-0.39, 0.29) is 17.4 Å². The van der Waals surface area contributed by atoms with Crippen LogP contribution in [-0.4, -0.2) is 35.4 Å². The number of amides is 1. The first-order chi connectivity index (χ1) is 9.53. The number of hydrogen-bond acceptors (Lipinski definition) is 4. The van der Waals surface area contributed by atoms with Crippen molar-refractivity contribution in [3.8, 4) is 6.07 Å². The second-order valence-corrected chi connectivity index (χ2v) is 4.45. The standard InChI is InChI=1S/C14H19FN4O/c1-4-17-13-12(6-11(15)8-18-13)14(20)19(5-2)9-10(3)7-16/h6,8,10H,4-5,9H2,1-3H3,(H,17,18). The average molecular weight is 278 g/mol. The maximum atomic E-state index is 13.3. The highest BCUT2D eigenvalue weighted by Gasteiger charge is 2.21. The van der Waals surface area contributed by atoms with Crippen LogP contribution in [0, 0.1) is 23.1 Å². The number of carbonyl (C=O) groups is 1. The summed E-state index contributed by atoms with van der Waals surface area (Å²) in [6, 6.07) is 3.26. The highest BCUT2D eigenvalue weighted by Crippen LogP contribution is 2.17. The molecule has 0 fully saturated rings. The number of nitriles is 1. The molecule has 1 aromatic rings. The predicted octanol–water partition coefficient (Wildman–Crippen LogP) is 2.27. The van der Waals surface area contributed by atoms with E-state index in [1.807, 2.05) is 13.8 Å². The number of nitrogens with zero attached hydrogens (tertiary/aromatic N) is 3. The minimum atomic E-state index is -0.556. The predicted molar refractivity (Wildman–Crippen MR) is 74.7 cm³/mol. The van der Waals surface area contributed by atoms with Crippen molar-refractivity contribution in [3.05, 3.63) is 23.6 Å². The second-order valence-electron chi connectivity index (χ2n) is 4.45. The number of pyridine rings is 1. The molecule has 0 aromatic carbocycles. The smallest absolute Gasteiger partial charge is 0.257 e. The molecule has 1 heterocycles. The number of hydrogen-bond donors (Lipinski definition) is 1. The summed E-state index contributed by atoms with van der Waals surface area (Å²) in [4.78, 5) is 17.9. The molecular weight excluding hydrogens is 259 g/mol. The lowest BCUT2D eigenvalue weighted by Crippen LogP contribution is -2.35. The average Bonchev–Trinajstić information content (AvgIpc) is 2.45. The molecule has 0 saturated heterocycles. The first-order valence-corrected chi connectivity index (χ1v) is 6.61. The quantitative estimate of drug-likeness (QED) is 0.866. The molecule has 1 unspecified atom stereocenters. The number of nitrogens with one attached hydrogen (secondary N) is 1. The van der Waals surface area contributed by atoms with Crippen molar-refractivity contribution >= 4 is 11.7 Å². The Bertz CT molecular complexity index is 512. The molecule has 1 aromatic heterocycles. The molecule has 1 N–H and O–H groups in total. The van der Waals surface area contributed by atoms with Crippen LogP contribution in [0.4, 0.5) is 10.2 Å². The van der Waals surface area contributed by atoms with Gasteiger partial charge in [-0.2, -0.15) is 5.26 Å². The Morgan fingerprint density at radius 1 is 1.60 bits per heavy atom. The fourth-order valence-electron chi connectivity index (χ4n) is 1.81. The van der Waals surface area contributed by atoms with Gasteiger partial charge in [0.15, 0.2) is 0 Å². The molecule has 0 aliphatic carbocycles. The van der Waals surface area contributed by atoms with Crippen LogP contribution in [0.2, 0.25) is 0 Å². The van der Waals surface area contributed by atoms with Crippen LogP contribution >= 0.6 is 0 Å². The van der Waals surface area contributed by atoms with E-state index in [4.69, 9.17) is 5.26 Å². The summed E-state index contributed by atoms with van der Waals surface area (Å²) in [5.74, 6) is -0.790. The van der Waals surface area contributed by atoms with Gasteiger partial charge in [-0.3, -0.25) is 4.79 Å². The molecule has 0 radical (unpaired) electrons. The van der Waals surface area contributed by atoms with Crippen LogP contribution in [0.1, 0.15) is 31.1 Å². The fraction of sp³-hybridized carbons (Fsp3) is 0.500. The SMILES string of the molecule is CCNc1ncc(F)cc1C(=O)N(CC)CC(C)C#N. The Hall–Kier alpha value is -2.16. The minimum Gasteiger partial charge on any atom is -0.370 e. The van der Waals surface area contributed by atoms with Crippen LogP contribution < -0.4 is 5.32 Å². The monoisotopic (exact) mass is 278 g/mol. The number of aromatic nitrogens is 1. The molecule has 0 aliphatic heterocycles. The third kappa shape index (κ3) is 3.92. The van der Waals surface area contributed by atoms with Gasteiger partial charge in [0.05, 0.1) is 23.7 Å². The van der Waals surface area contributed by atoms with Gasteiger partial charge in [0.25, 0.3) is 5.91 Å². The zero-order chi connectivity index (χ0) is 15.1. The molecule has 1 amide bonds. The molecule has 0 aliphatic rings. The first kappa shape index (κ1) is 15.9. The van der Waals surface area contributed by atoms with Crippen LogP contribution in [0.25, 0.3) is 0 Å². The Morgan fingerprint density at radius 3 is 2.85 bits per heavy atom. The van der Waals surface area contributed by atoms with E-state index in [0.717, 1.165) is 6.20 Å². The van der Waals surface area contributed by atoms with E-state index in [1.54, 1.807) is 6.92 Å². The molecule has 0 spiro atoms. The zero-order valence-electron chi connectivity index (χ0n) is 12.0. The number of halogens is 1. The van der Waals surface area contributed by atoms with Gasteiger partial charge in [0.1, 0.15) is 11.6 Å². The molecular formula is C14H19FN4O. The number of carbonyl (C=O) groups excluding carboxylic acids is 1. The van der Waals surface area contributed by atoms with Crippen molar-refractivity contribution < 1.29 is 9.18 Å². The number of rotatable bonds is 6. The molecule has 0 bridgehead atoms. The summed E-state index contributed by atoms with van der Waals surface area (Å²) in [5, 5.41) is 11.8. The van der Waals surface area contributed by atoms with E-state index in [1.165, 1.54) is 11.0 Å². The van der Waals surface area contributed by atoms with Crippen LogP contribution in [0.15, 0.2) is 12.3 Å². The summed E-state index contributed by atoms with van der Waals surface area (Å²) in [6.07, 6.45) is 1.07. The maximum absolute atomic E-state index is 13.3. The molecule has 108 valence electrons. The lowest BCUT2D eigenvalue weighted by Gasteiger charge is -2.23. The van der Waals surface area contributed by atoms with E-state index >= 15 is 0 Å². The van der Waals surface area contributed by atoms with Crippen LogP contribution in [0.5, 0.6) is 0 Å². The van der Waals surface area contributed by atoms with Gasteiger partial charge in [0, 0.05) is 19.6 Å². The van der Waals surface area contributed by atoms with Gasteiger partial charge >= 0.3 is 0 Å². The van der Waals surface area contributed by atoms with Crippen molar-refractivity contribution in [3.63, 3.8) is 0 Å². The van der Waals surface area contributed by atoms with Gasteiger partial charge in [0.2, 0.25) is 0 Å². The van der Waals surface area contributed by atoms with Crippen molar-refractivity contribution in [2.75, 3.05) is 25.0 Å². The highest BCUT2D eigenvalue weighted by atomic mass is 19.1. The van der Waals surface area contributed by atoms with Crippen molar-refractivity contribution in [1.29, 1.82) is 5.26 Å². The molecule has 1 atom stereocenters. The Labute approximate surface area is 118 Å². The third-order valence-electron chi connectivity index (χ3n) is 2.81. The van der Waals surface area contributed by atoms with Crippen molar-refractivity contribution in [2.45, 2.75) is 20.8 Å². The Morgan fingerprint density at radius 2 is 2.30 bits per heavy atom. The second kappa shape index (κ2) is 7.43. The molecule has 1 rings (SSSR count). The summed E-state index contributed by atoms with van der Waals surface area (Å²) < 4.78 is 13.3. The first-order valence-electron chi connectivity index (χ1n) is 6.61. The molecule has 6 heteroatoms. The van der Waals surface area contributed by atoms with Crippen LogP contribution in [0.3, 0.4) is 0 Å². The van der Waals surface area contributed by atoms with E-state index in [0.29, 0.717) is 25.5 Å². The van der Waals surface area contributed by atoms with Gasteiger partial charge < -0.3 is 10.2 Å². The lowest BCUT2D eigenvalue weighted by atomic mass is 10.1. The minimum absolute atomic E-state index is 0.193. The van der Waals surface area contributed by atoms with Gasteiger partial charge in [-0.15, -0.1) is 0 Å². The number of anilines is 1. The van der Waals surface area contributed by atoms with Crippen LogP contribution in [-0.2, 0) is 0 Å². The van der Waals surface area contributed by atoms with Crippen molar-refractivity contribution in [2.24, 2.45) is 5.92 Å². The Balaban J connectivity index is 3.05. The Kier molecular flexibility index (Phi) is 5.91. The largest absolute Gasteiger partial charge is 0.370 e. The summed E-state index contributed by atoms with van der Waals surface area (Å²) in [7, 11) is 0. The maximum Gasteiger partial charge on any atom is 0.257 e. The van der Waals surface area contributed by atoms with Crippen molar-refractivity contribution in [1.82, 2.24) is 9.88 Å². The van der Waals surface area contributed by atoms with E-state index in [9.17, 15) is 9.18 Å². The lowest BCUT2D eigenvalue weighted by molar-refractivity contribution is 0.0753. The summed E-state index contributed by atoms with van der Waals surface area (Å²) >= 11 is 0. The van der Waals surface area contributed by atoms with Gasteiger partial charge in [-0.1, -0.05) is 0 Å². The van der Waals surface area contributed by atoms with Gasteiger partial charge in [-0.05, 0) is 26.8 Å². The highest BCUT2D eigenvalue weighted by molar-refractivity contribution is 5.98. The summed E-state index contributed by atoms with van der Waals surface area (Å²) in [5.41, 5.74) is 0.193. The zero-order valence-corrected chi connectivity index (χ0v) is 12.0. The van der Waals surface area contributed by atoms with Gasteiger partial charge in [-0.25, -0.2) is 9.37 Å². The molecule has 20 heavy (non-hydrogen) atoms. The summed E-state index contributed by atoms with van der Waals surface area (Å²) in [6.45, 7) is 6.78. The van der Waals surface area contributed by atoms with E-state index in [2.05, 4.69) is 16.4 Å². The molecule has 0 saturated carbocycles. The topological polar surface area (TPSA) is 69.0 Å². The normalized spacial score (nSPS) is 11.6. The third-order valence-corrected chi connectivity index (χ3v) is 2.81. The fourth-order valence-corrected chi connectivity index (χ4v) is 1.81.